The van der Waals surface area contributed by atoms with Crippen LogP contribution in [0.3, 0.4) is 0 Å². The number of anilines is 2. The van der Waals surface area contributed by atoms with E-state index in [0.29, 0.717) is 30.0 Å². The third-order valence-corrected chi connectivity index (χ3v) is 7.17. The predicted molar refractivity (Wildman–Crippen MR) is 154 cm³/mol. The minimum atomic E-state index is -5.21. The van der Waals surface area contributed by atoms with E-state index >= 15 is 0 Å². The first-order chi connectivity index (χ1) is 20.5. The van der Waals surface area contributed by atoms with Gasteiger partial charge >= 0.3 is 12.4 Å². The SMILES string of the molecule is Cc1ccc(OCNc2cc(C(F)(F)F)c(-c3cc(O)c(NC(=O)c4ccc(C)c(C)c4)cc3C(F)(F)F)cc2O)cc1C. The molecule has 0 aliphatic carbocycles. The van der Waals surface area contributed by atoms with Crippen LogP contribution in [0, 0.1) is 27.7 Å². The van der Waals surface area contributed by atoms with Gasteiger partial charge in [-0.15, -0.1) is 0 Å². The van der Waals surface area contributed by atoms with Gasteiger partial charge in [-0.25, -0.2) is 0 Å². The average Bonchev–Trinajstić information content (AvgIpc) is 2.92. The Morgan fingerprint density at radius 3 is 1.70 bits per heavy atom. The molecule has 0 bridgehead atoms. The normalized spacial score (nSPS) is 11.8. The Bertz CT molecular complexity index is 1730. The third-order valence-electron chi connectivity index (χ3n) is 7.17. The highest BCUT2D eigenvalue weighted by Crippen LogP contribution is 2.48. The second-order valence-electron chi connectivity index (χ2n) is 10.3. The molecule has 0 unspecified atom stereocenters. The van der Waals surface area contributed by atoms with Crippen LogP contribution in [0.15, 0.2) is 60.7 Å². The quantitative estimate of drug-likeness (QED) is 0.0945. The lowest BCUT2D eigenvalue weighted by Gasteiger charge is -2.21. The van der Waals surface area contributed by atoms with E-state index in [1.54, 1.807) is 38.1 Å². The van der Waals surface area contributed by atoms with Gasteiger partial charge in [-0.3, -0.25) is 4.79 Å². The number of rotatable bonds is 7. The van der Waals surface area contributed by atoms with Gasteiger partial charge in [-0.05, 0) is 110 Å². The highest BCUT2D eigenvalue weighted by molar-refractivity contribution is 6.05. The van der Waals surface area contributed by atoms with Gasteiger partial charge in [0.05, 0.1) is 22.5 Å². The lowest BCUT2D eigenvalue weighted by molar-refractivity contribution is -0.139. The lowest BCUT2D eigenvalue weighted by Crippen LogP contribution is -2.16. The zero-order valence-corrected chi connectivity index (χ0v) is 24.0. The second kappa shape index (κ2) is 12.0. The minimum absolute atomic E-state index is 0.0963. The molecule has 0 saturated heterocycles. The number of aromatic hydroxyl groups is 2. The van der Waals surface area contributed by atoms with Gasteiger partial charge in [-0.2, -0.15) is 26.3 Å². The number of ether oxygens (including phenoxy) is 1. The van der Waals surface area contributed by atoms with Crippen LogP contribution < -0.4 is 15.4 Å². The second-order valence-corrected chi connectivity index (χ2v) is 10.3. The first kappa shape index (κ1) is 32.1. The molecular formula is C32H28F6N2O4. The van der Waals surface area contributed by atoms with Crippen LogP contribution in [0.5, 0.6) is 17.2 Å². The number of benzene rings is 4. The molecule has 0 fully saturated rings. The van der Waals surface area contributed by atoms with Crippen molar-refractivity contribution in [2.75, 3.05) is 17.4 Å². The van der Waals surface area contributed by atoms with Crippen molar-refractivity contribution in [1.29, 1.82) is 0 Å². The van der Waals surface area contributed by atoms with Crippen molar-refractivity contribution in [3.05, 3.63) is 99.6 Å². The number of alkyl halides is 6. The summed E-state index contributed by atoms with van der Waals surface area (Å²) < 4.78 is 90.8. The molecule has 4 aromatic rings. The van der Waals surface area contributed by atoms with Gasteiger partial charge in [0.1, 0.15) is 17.2 Å². The lowest BCUT2D eigenvalue weighted by atomic mass is 9.92. The molecule has 6 nitrogen and oxygen atoms in total. The molecule has 0 heterocycles. The maximum absolute atomic E-state index is 14.2. The third kappa shape index (κ3) is 7.01. The Balaban J connectivity index is 1.72. The summed E-state index contributed by atoms with van der Waals surface area (Å²) in [5.74, 6) is -2.14. The van der Waals surface area contributed by atoms with Gasteiger partial charge in [-0.1, -0.05) is 12.1 Å². The van der Waals surface area contributed by atoms with E-state index in [2.05, 4.69) is 10.6 Å². The predicted octanol–water partition coefficient (Wildman–Crippen LogP) is 8.74. The highest BCUT2D eigenvalue weighted by atomic mass is 19.4. The van der Waals surface area contributed by atoms with E-state index in [0.717, 1.165) is 22.3 Å². The average molecular weight is 619 g/mol. The van der Waals surface area contributed by atoms with Gasteiger partial charge in [0.15, 0.2) is 6.73 Å². The van der Waals surface area contributed by atoms with Crippen molar-refractivity contribution in [3.63, 3.8) is 0 Å². The Hall–Kier alpha value is -4.87. The summed E-state index contributed by atoms with van der Waals surface area (Å²) >= 11 is 0. The van der Waals surface area contributed by atoms with Gasteiger partial charge in [0, 0.05) is 5.56 Å². The first-order valence-corrected chi connectivity index (χ1v) is 13.2. The molecule has 232 valence electrons. The van der Waals surface area contributed by atoms with Crippen LogP contribution >= 0.6 is 0 Å². The number of amides is 1. The van der Waals surface area contributed by atoms with E-state index in [-0.39, 0.29) is 12.3 Å². The molecule has 44 heavy (non-hydrogen) atoms. The van der Waals surface area contributed by atoms with Crippen molar-refractivity contribution in [3.8, 4) is 28.4 Å². The Morgan fingerprint density at radius 1 is 0.682 bits per heavy atom. The number of phenolic OH excluding ortho intramolecular Hbond substituents is 2. The van der Waals surface area contributed by atoms with E-state index in [1.165, 1.54) is 12.1 Å². The zero-order chi connectivity index (χ0) is 32.6. The molecule has 0 aliphatic heterocycles. The number of phenols is 2. The largest absolute Gasteiger partial charge is 0.506 e. The zero-order valence-electron chi connectivity index (χ0n) is 24.0. The van der Waals surface area contributed by atoms with E-state index in [1.807, 2.05) is 13.8 Å². The van der Waals surface area contributed by atoms with E-state index in [4.69, 9.17) is 4.74 Å². The number of carbonyl (C=O) groups is 1. The summed E-state index contributed by atoms with van der Waals surface area (Å²) in [7, 11) is 0. The van der Waals surface area contributed by atoms with Crippen LogP contribution in [0.2, 0.25) is 0 Å². The van der Waals surface area contributed by atoms with E-state index in [9.17, 15) is 41.4 Å². The van der Waals surface area contributed by atoms with Crippen molar-refractivity contribution < 1.29 is 46.1 Å². The minimum Gasteiger partial charge on any atom is -0.506 e. The van der Waals surface area contributed by atoms with Crippen LogP contribution in [0.25, 0.3) is 11.1 Å². The molecule has 4 rings (SSSR count). The molecule has 0 radical (unpaired) electrons. The maximum atomic E-state index is 14.2. The molecule has 0 atom stereocenters. The fourth-order valence-electron chi connectivity index (χ4n) is 4.41. The first-order valence-electron chi connectivity index (χ1n) is 13.2. The Labute approximate surface area is 248 Å². The molecule has 0 aliphatic rings. The Kier molecular flexibility index (Phi) is 8.76. The summed E-state index contributed by atoms with van der Waals surface area (Å²) in [6.45, 7) is 6.89. The molecule has 1 amide bonds. The van der Waals surface area contributed by atoms with E-state index < -0.39 is 63.4 Å². The molecule has 4 N–H and O–H groups in total. The summed E-state index contributed by atoms with van der Waals surface area (Å²) in [4.78, 5) is 12.7. The van der Waals surface area contributed by atoms with Crippen molar-refractivity contribution >= 4 is 17.3 Å². The smallest absolute Gasteiger partial charge is 0.417 e. The number of nitrogens with one attached hydrogen (secondary N) is 2. The molecule has 12 heteroatoms. The summed E-state index contributed by atoms with van der Waals surface area (Å²) in [5, 5.41) is 25.8. The van der Waals surface area contributed by atoms with Crippen molar-refractivity contribution in [2.24, 2.45) is 0 Å². The maximum Gasteiger partial charge on any atom is 0.417 e. The molecule has 0 spiro atoms. The number of hydrogen-bond acceptors (Lipinski definition) is 5. The molecule has 0 saturated carbocycles. The molecule has 0 aromatic heterocycles. The summed E-state index contributed by atoms with van der Waals surface area (Å²) in [6, 6.07) is 11.5. The van der Waals surface area contributed by atoms with Gasteiger partial charge < -0.3 is 25.6 Å². The topological polar surface area (TPSA) is 90.8 Å². The van der Waals surface area contributed by atoms with Gasteiger partial charge in [0.2, 0.25) is 0 Å². The number of halogens is 6. The molecule has 4 aromatic carbocycles. The number of carbonyl (C=O) groups excluding carboxylic acids is 1. The standard InChI is InChI=1S/C32H28F6N2O4/c1-16-5-7-20(9-18(16)3)30(43)40-27-14-25(32(36,37)38)23(12-29(27)42)22-11-28(41)26(13-24(22)31(33,34)35)39-15-44-21-8-6-17(2)19(4)10-21/h5-14,39,41-42H,15H2,1-4H3,(H,40,43). The Morgan fingerprint density at radius 2 is 1.18 bits per heavy atom. The number of aryl methyl sites for hydroxylation is 4. The monoisotopic (exact) mass is 618 g/mol. The highest BCUT2D eigenvalue weighted by Gasteiger charge is 2.40. The number of hydrogen-bond donors (Lipinski definition) is 4. The summed E-state index contributed by atoms with van der Waals surface area (Å²) in [6.07, 6.45) is -10.4. The van der Waals surface area contributed by atoms with Crippen molar-refractivity contribution in [2.45, 2.75) is 40.0 Å². The fourth-order valence-corrected chi connectivity index (χ4v) is 4.41. The van der Waals surface area contributed by atoms with Crippen LogP contribution in [-0.2, 0) is 12.4 Å². The van der Waals surface area contributed by atoms with Crippen molar-refractivity contribution in [1.82, 2.24) is 0 Å². The summed E-state index contributed by atoms with van der Waals surface area (Å²) in [5.41, 5.74) is -2.68. The van der Waals surface area contributed by atoms with Gasteiger partial charge in [0.25, 0.3) is 5.91 Å². The van der Waals surface area contributed by atoms with Crippen LogP contribution in [0.1, 0.15) is 43.7 Å². The van der Waals surface area contributed by atoms with Crippen LogP contribution in [-0.4, -0.2) is 22.9 Å². The fraction of sp³-hybridized carbons (Fsp3) is 0.219. The van der Waals surface area contributed by atoms with Crippen LogP contribution in [0.4, 0.5) is 37.7 Å². The molecular weight excluding hydrogens is 590 g/mol.